The Kier molecular flexibility index (Phi) is 7.24. The molecule has 0 saturated heterocycles. The summed E-state index contributed by atoms with van der Waals surface area (Å²) in [4.78, 5) is 12.1. The van der Waals surface area contributed by atoms with Gasteiger partial charge in [-0.3, -0.25) is 0 Å². The first-order valence-electron chi connectivity index (χ1n) is 8.41. The number of urea groups is 1. The second kappa shape index (κ2) is 9.18. The van der Waals surface area contributed by atoms with E-state index in [1.807, 2.05) is 49.0 Å². The summed E-state index contributed by atoms with van der Waals surface area (Å²) < 4.78 is 0. The maximum atomic E-state index is 12.1. The summed E-state index contributed by atoms with van der Waals surface area (Å²) in [5.41, 5.74) is 0.886. The first-order chi connectivity index (χ1) is 11.1. The standard InChI is InChI=1S/C18H28N2O2S/c1-13(11-17(21)14-7-4-3-5-8-14)19-18(22)20-15-9-6-10-16(12-15)23-2/h3-5,7-8,13,15-17,21H,6,9-12H2,1-2H3,(H2,19,20,22). The lowest BCUT2D eigenvalue weighted by atomic mass is 9.95. The number of benzene rings is 1. The lowest BCUT2D eigenvalue weighted by Gasteiger charge is -2.29. The zero-order valence-corrected chi connectivity index (χ0v) is 14.8. The number of aliphatic hydroxyl groups excluding tert-OH is 1. The molecule has 3 N–H and O–H groups in total. The lowest BCUT2D eigenvalue weighted by molar-refractivity contribution is 0.154. The largest absolute Gasteiger partial charge is 0.388 e. The highest BCUT2D eigenvalue weighted by atomic mass is 32.2. The number of hydrogen-bond acceptors (Lipinski definition) is 3. The average Bonchev–Trinajstić information content (AvgIpc) is 2.55. The monoisotopic (exact) mass is 336 g/mol. The third kappa shape index (κ3) is 6.07. The van der Waals surface area contributed by atoms with Crippen LogP contribution in [0.2, 0.25) is 0 Å². The molecule has 0 bridgehead atoms. The van der Waals surface area contributed by atoms with Crippen molar-refractivity contribution in [2.75, 3.05) is 6.26 Å². The van der Waals surface area contributed by atoms with Crippen LogP contribution in [0.5, 0.6) is 0 Å². The van der Waals surface area contributed by atoms with Crippen LogP contribution >= 0.6 is 11.8 Å². The van der Waals surface area contributed by atoms with E-state index in [1.165, 1.54) is 12.8 Å². The van der Waals surface area contributed by atoms with Crippen LogP contribution in [0.1, 0.15) is 50.7 Å². The van der Waals surface area contributed by atoms with Crippen LogP contribution in [0.15, 0.2) is 30.3 Å². The lowest BCUT2D eigenvalue weighted by Crippen LogP contribution is -2.47. The quantitative estimate of drug-likeness (QED) is 0.745. The van der Waals surface area contributed by atoms with Crippen molar-refractivity contribution in [2.45, 2.75) is 62.5 Å². The van der Waals surface area contributed by atoms with Gasteiger partial charge in [0, 0.05) is 17.3 Å². The third-order valence-corrected chi connectivity index (χ3v) is 5.53. The predicted octanol–water partition coefficient (Wildman–Crippen LogP) is 3.47. The number of hydrogen-bond donors (Lipinski definition) is 3. The predicted molar refractivity (Wildman–Crippen MR) is 96.7 cm³/mol. The number of thioether (sulfide) groups is 1. The van der Waals surface area contributed by atoms with Crippen molar-refractivity contribution in [3.8, 4) is 0 Å². The van der Waals surface area contributed by atoms with Gasteiger partial charge in [-0.25, -0.2) is 4.79 Å². The number of carbonyl (C=O) groups is 1. The van der Waals surface area contributed by atoms with Crippen LogP contribution in [0.4, 0.5) is 4.79 Å². The second-order valence-electron chi connectivity index (χ2n) is 6.40. The van der Waals surface area contributed by atoms with Crippen LogP contribution < -0.4 is 10.6 Å². The summed E-state index contributed by atoms with van der Waals surface area (Å²) in [6, 6.07) is 9.63. The van der Waals surface area contributed by atoms with Gasteiger partial charge in [-0.1, -0.05) is 36.8 Å². The van der Waals surface area contributed by atoms with E-state index in [2.05, 4.69) is 16.9 Å². The molecule has 0 heterocycles. The Morgan fingerprint density at radius 1 is 1.35 bits per heavy atom. The number of amides is 2. The Balaban J connectivity index is 1.74. The molecular formula is C18H28N2O2S. The number of nitrogens with one attached hydrogen (secondary N) is 2. The number of carbonyl (C=O) groups excluding carboxylic acids is 1. The maximum Gasteiger partial charge on any atom is 0.315 e. The average molecular weight is 337 g/mol. The molecule has 4 atom stereocenters. The van der Waals surface area contributed by atoms with E-state index in [4.69, 9.17) is 0 Å². The maximum absolute atomic E-state index is 12.1. The minimum atomic E-state index is -0.554. The van der Waals surface area contributed by atoms with Gasteiger partial charge in [0.2, 0.25) is 0 Å². The first-order valence-corrected chi connectivity index (χ1v) is 9.70. The van der Waals surface area contributed by atoms with Gasteiger partial charge >= 0.3 is 6.03 Å². The second-order valence-corrected chi connectivity index (χ2v) is 7.54. The minimum absolute atomic E-state index is 0.0786. The van der Waals surface area contributed by atoms with E-state index in [0.29, 0.717) is 11.7 Å². The molecule has 4 nitrogen and oxygen atoms in total. The molecule has 1 aliphatic rings. The van der Waals surface area contributed by atoms with Crippen LogP contribution in [-0.4, -0.2) is 34.7 Å². The zero-order valence-electron chi connectivity index (χ0n) is 14.0. The third-order valence-electron chi connectivity index (χ3n) is 4.43. The molecule has 1 aliphatic carbocycles. The smallest absolute Gasteiger partial charge is 0.315 e. The molecule has 5 heteroatoms. The molecule has 1 aromatic rings. The highest BCUT2D eigenvalue weighted by Crippen LogP contribution is 2.26. The zero-order chi connectivity index (χ0) is 16.7. The summed E-state index contributed by atoms with van der Waals surface area (Å²) in [5, 5.41) is 16.9. The topological polar surface area (TPSA) is 61.4 Å². The van der Waals surface area contributed by atoms with E-state index < -0.39 is 6.10 Å². The molecule has 0 aliphatic heterocycles. The fourth-order valence-electron chi connectivity index (χ4n) is 3.15. The highest BCUT2D eigenvalue weighted by molar-refractivity contribution is 7.99. The summed E-state index contributed by atoms with van der Waals surface area (Å²) in [6.45, 7) is 1.93. The van der Waals surface area contributed by atoms with E-state index >= 15 is 0 Å². The Morgan fingerprint density at radius 3 is 2.78 bits per heavy atom. The van der Waals surface area contributed by atoms with E-state index in [9.17, 15) is 9.90 Å². The van der Waals surface area contributed by atoms with Crippen LogP contribution in [0, 0.1) is 0 Å². The van der Waals surface area contributed by atoms with Crippen molar-refractivity contribution >= 4 is 17.8 Å². The molecule has 0 aromatic heterocycles. The molecule has 4 unspecified atom stereocenters. The highest BCUT2D eigenvalue weighted by Gasteiger charge is 2.23. The van der Waals surface area contributed by atoms with Crippen LogP contribution in [0.3, 0.4) is 0 Å². The molecule has 1 fully saturated rings. The van der Waals surface area contributed by atoms with Crippen molar-refractivity contribution in [1.82, 2.24) is 10.6 Å². The fourth-order valence-corrected chi connectivity index (χ4v) is 3.97. The van der Waals surface area contributed by atoms with Crippen molar-refractivity contribution in [3.05, 3.63) is 35.9 Å². The molecule has 1 saturated carbocycles. The van der Waals surface area contributed by atoms with Crippen LogP contribution in [-0.2, 0) is 0 Å². The van der Waals surface area contributed by atoms with Gasteiger partial charge in [0.15, 0.2) is 0 Å². The Hall–Kier alpha value is -1.20. The summed E-state index contributed by atoms with van der Waals surface area (Å²) in [6.07, 6.45) is 6.64. The van der Waals surface area contributed by atoms with Gasteiger partial charge in [-0.2, -0.15) is 11.8 Å². The fraction of sp³-hybridized carbons (Fsp3) is 0.611. The minimum Gasteiger partial charge on any atom is -0.388 e. The summed E-state index contributed by atoms with van der Waals surface area (Å²) in [7, 11) is 0. The number of rotatable bonds is 6. The Morgan fingerprint density at radius 2 is 2.09 bits per heavy atom. The van der Waals surface area contributed by atoms with Crippen molar-refractivity contribution in [1.29, 1.82) is 0 Å². The SMILES string of the molecule is CSC1CCCC(NC(=O)NC(C)CC(O)c2ccccc2)C1. The van der Waals surface area contributed by atoms with Gasteiger partial charge in [0.05, 0.1) is 6.10 Å². The molecule has 1 aromatic carbocycles. The molecule has 0 spiro atoms. The normalized spacial score (nSPS) is 23.8. The van der Waals surface area contributed by atoms with Crippen LogP contribution in [0.25, 0.3) is 0 Å². The first kappa shape index (κ1) is 18.1. The van der Waals surface area contributed by atoms with Gasteiger partial charge in [0.25, 0.3) is 0 Å². The molecule has 0 radical (unpaired) electrons. The van der Waals surface area contributed by atoms with Gasteiger partial charge < -0.3 is 15.7 Å². The van der Waals surface area contributed by atoms with Crippen molar-refractivity contribution < 1.29 is 9.90 Å². The van der Waals surface area contributed by atoms with E-state index in [1.54, 1.807) is 0 Å². The Labute approximate surface area is 143 Å². The summed E-state index contributed by atoms with van der Waals surface area (Å²) in [5.74, 6) is 0. The molecule has 23 heavy (non-hydrogen) atoms. The van der Waals surface area contributed by atoms with Gasteiger partial charge in [-0.15, -0.1) is 0 Å². The van der Waals surface area contributed by atoms with Gasteiger partial charge in [-0.05, 0) is 44.4 Å². The molecule has 128 valence electrons. The molecule has 2 amide bonds. The van der Waals surface area contributed by atoms with E-state index in [-0.39, 0.29) is 18.1 Å². The number of aliphatic hydroxyl groups is 1. The molecular weight excluding hydrogens is 308 g/mol. The van der Waals surface area contributed by atoms with Crippen molar-refractivity contribution in [3.63, 3.8) is 0 Å². The van der Waals surface area contributed by atoms with Gasteiger partial charge in [0.1, 0.15) is 0 Å². The Bertz CT molecular complexity index is 483. The van der Waals surface area contributed by atoms with Crippen molar-refractivity contribution in [2.24, 2.45) is 0 Å². The molecule has 2 rings (SSSR count). The van der Waals surface area contributed by atoms with E-state index in [0.717, 1.165) is 18.4 Å². The summed E-state index contributed by atoms with van der Waals surface area (Å²) >= 11 is 1.89.